The molecule has 3 N–H and O–H groups in total. The van der Waals surface area contributed by atoms with Gasteiger partial charge in [0.15, 0.2) is 5.75 Å². The van der Waals surface area contributed by atoms with E-state index in [1.165, 1.54) is 0 Å². The second kappa shape index (κ2) is 5.05. The molecule has 0 fully saturated rings. The Morgan fingerprint density at radius 3 is 3.24 bits per heavy atom. The smallest absolute Gasteiger partial charge is 0.255 e. The van der Waals surface area contributed by atoms with Gasteiger partial charge in [-0.25, -0.2) is 0 Å². The summed E-state index contributed by atoms with van der Waals surface area (Å²) in [6, 6.07) is 5.39. The van der Waals surface area contributed by atoms with E-state index in [9.17, 15) is 4.79 Å². The standard InChI is InChI=1S/C12H16N2O3/c1-8(15)7-14-12(16)9-3-2-4-10-11(9)17-6-5-13-10/h2-4,8,13,15H,5-7H2,1H3,(H,14,16)/t8-/m0/s1. The second-order valence-electron chi connectivity index (χ2n) is 4.02. The van der Waals surface area contributed by atoms with Crippen LogP contribution in [0.5, 0.6) is 5.75 Å². The van der Waals surface area contributed by atoms with E-state index in [2.05, 4.69) is 10.6 Å². The van der Waals surface area contributed by atoms with Crippen molar-refractivity contribution in [3.8, 4) is 5.75 Å². The monoisotopic (exact) mass is 236 g/mol. The van der Waals surface area contributed by atoms with Crippen molar-refractivity contribution in [2.24, 2.45) is 0 Å². The summed E-state index contributed by atoms with van der Waals surface area (Å²) < 4.78 is 5.50. The summed E-state index contributed by atoms with van der Waals surface area (Å²) in [6.45, 7) is 3.15. The zero-order valence-corrected chi connectivity index (χ0v) is 9.69. The first-order valence-corrected chi connectivity index (χ1v) is 5.64. The third-order valence-corrected chi connectivity index (χ3v) is 2.48. The number of ether oxygens (including phenoxy) is 1. The van der Waals surface area contributed by atoms with Crippen molar-refractivity contribution in [2.45, 2.75) is 13.0 Å². The molecule has 0 saturated carbocycles. The van der Waals surface area contributed by atoms with Crippen LogP contribution in [0.1, 0.15) is 17.3 Å². The number of benzene rings is 1. The summed E-state index contributed by atoms with van der Waals surface area (Å²) in [7, 11) is 0. The van der Waals surface area contributed by atoms with Gasteiger partial charge in [0, 0.05) is 13.1 Å². The summed E-state index contributed by atoms with van der Waals surface area (Å²) in [4.78, 5) is 11.9. The van der Waals surface area contributed by atoms with Crippen LogP contribution in [0, 0.1) is 0 Å². The van der Waals surface area contributed by atoms with E-state index in [4.69, 9.17) is 9.84 Å². The number of amides is 1. The fourth-order valence-electron chi connectivity index (χ4n) is 1.68. The summed E-state index contributed by atoms with van der Waals surface area (Å²) in [5.74, 6) is 0.355. The van der Waals surface area contributed by atoms with E-state index in [0.29, 0.717) is 17.9 Å². The van der Waals surface area contributed by atoms with Crippen LogP contribution >= 0.6 is 0 Å². The van der Waals surface area contributed by atoms with E-state index < -0.39 is 6.10 Å². The topological polar surface area (TPSA) is 70.6 Å². The van der Waals surface area contributed by atoms with Crippen molar-refractivity contribution in [3.05, 3.63) is 23.8 Å². The minimum absolute atomic E-state index is 0.230. The zero-order chi connectivity index (χ0) is 12.3. The second-order valence-corrected chi connectivity index (χ2v) is 4.02. The summed E-state index contributed by atoms with van der Waals surface area (Å²) >= 11 is 0. The number of aliphatic hydroxyl groups is 1. The van der Waals surface area contributed by atoms with Gasteiger partial charge in [-0.15, -0.1) is 0 Å². The van der Waals surface area contributed by atoms with Gasteiger partial charge in [-0.2, -0.15) is 0 Å². The van der Waals surface area contributed by atoms with Crippen LogP contribution in [0.3, 0.4) is 0 Å². The Kier molecular flexibility index (Phi) is 3.49. The van der Waals surface area contributed by atoms with Crippen LogP contribution in [-0.4, -0.2) is 36.8 Å². The number of anilines is 1. The molecule has 17 heavy (non-hydrogen) atoms. The summed E-state index contributed by atoms with van der Waals surface area (Å²) in [5.41, 5.74) is 1.33. The molecule has 0 unspecified atom stereocenters. The van der Waals surface area contributed by atoms with Crippen LogP contribution in [0.15, 0.2) is 18.2 Å². The molecule has 1 aliphatic heterocycles. The highest BCUT2D eigenvalue weighted by Gasteiger charge is 2.18. The molecule has 0 bridgehead atoms. The first-order chi connectivity index (χ1) is 8.18. The highest BCUT2D eigenvalue weighted by atomic mass is 16.5. The number of para-hydroxylation sites is 1. The van der Waals surface area contributed by atoms with E-state index in [1.54, 1.807) is 19.1 Å². The highest BCUT2D eigenvalue weighted by molar-refractivity contribution is 5.98. The number of hydrogen-bond acceptors (Lipinski definition) is 4. The van der Waals surface area contributed by atoms with Gasteiger partial charge in [0.1, 0.15) is 6.61 Å². The van der Waals surface area contributed by atoms with Gasteiger partial charge in [-0.05, 0) is 19.1 Å². The normalized spacial score (nSPS) is 15.2. The number of hydrogen-bond donors (Lipinski definition) is 3. The lowest BCUT2D eigenvalue weighted by Crippen LogP contribution is -2.31. The third kappa shape index (κ3) is 2.68. The van der Waals surface area contributed by atoms with Crippen molar-refractivity contribution >= 4 is 11.6 Å². The number of aliphatic hydroxyl groups excluding tert-OH is 1. The molecule has 0 spiro atoms. The van der Waals surface area contributed by atoms with Crippen molar-refractivity contribution in [1.29, 1.82) is 0 Å². The van der Waals surface area contributed by atoms with Crippen LogP contribution in [0.2, 0.25) is 0 Å². The predicted molar refractivity (Wildman–Crippen MR) is 64.4 cm³/mol. The molecule has 92 valence electrons. The summed E-state index contributed by atoms with van der Waals surface area (Å²) in [5, 5.41) is 14.9. The molecule has 0 radical (unpaired) electrons. The first-order valence-electron chi connectivity index (χ1n) is 5.64. The Hall–Kier alpha value is -1.75. The Labute approximate surface area is 99.8 Å². The first kappa shape index (κ1) is 11.7. The fourth-order valence-corrected chi connectivity index (χ4v) is 1.68. The van der Waals surface area contributed by atoms with E-state index >= 15 is 0 Å². The molecule has 0 aliphatic carbocycles. The molecule has 1 aromatic rings. The van der Waals surface area contributed by atoms with Gasteiger partial charge < -0.3 is 20.5 Å². The SMILES string of the molecule is C[C@H](O)CNC(=O)c1cccc2c1OCCN2. The van der Waals surface area contributed by atoms with Crippen molar-refractivity contribution in [3.63, 3.8) is 0 Å². The van der Waals surface area contributed by atoms with Gasteiger partial charge in [0.25, 0.3) is 5.91 Å². The molecule has 0 aromatic heterocycles. The van der Waals surface area contributed by atoms with Gasteiger partial charge in [-0.1, -0.05) is 6.07 Å². The maximum Gasteiger partial charge on any atom is 0.255 e. The number of fused-ring (bicyclic) bond motifs is 1. The number of carbonyl (C=O) groups excluding carboxylic acids is 1. The molecule has 1 aliphatic rings. The molecule has 1 amide bonds. The van der Waals surface area contributed by atoms with Crippen molar-refractivity contribution < 1.29 is 14.6 Å². The minimum Gasteiger partial charge on any atom is -0.489 e. The summed E-state index contributed by atoms with van der Waals surface area (Å²) in [6.07, 6.45) is -0.558. The lowest BCUT2D eigenvalue weighted by Gasteiger charge is -2.21. The van der Waals surface area contributed by atoms with Crippen LogP contribution in [0.25, 0.3) is 0 Å². The number of carbonyl (C=O) groups is 1. The maximum atomic E-state index is 11.9. The average molecular weight is 236 g/mol. The Morgan fingerprint density at radius 1 is 1.65 bits per heavy atom. The van der Waals surface area contributed by atoms with Crippen LogP contribution in [0.4, 0.5) is 5.69 Å². The number of nitrogens with one attached hydrogen (secondary N) is 2. The molecule has 1 aromatic carbocycles. The fraction of sp³-hybridized carbons (Fsp3) is 0.417. The lowest BCUT2D eigenvalue weighted by atomic mass is 10.1. The van der Waals surface area contributed by atoms with E-state index in [0.717, 1.165) is 12.2 Å². The molecule has 0 saturated heterocycles. The Balaban J connectivity index is 2.17. The Bertz CT molecular complexity index is 418. The Morgan fingerprint density at radius 2 is 2.47 bits per heavy atom. The maximum absolute atomic E-state index is 11.9. The minimum atomic E-state index is -0.558. The van der Waals surface area contributed by atoms with Gasteiger partial charge in [0.2, 0.25) is 0 Å². The van der Waals surface area contributed by atoms with E-state index in [1.807, 2.05) is 6.07 Å². The van der Waals surface area contributed by atoms with E-state index in [-0.39, 0.29) is 12.5 Å². The zero-order valence-electron chi connectivity index (χ0n) is 9.69. The lowest BCUT2D eigenvalue weighted by molar-refractivity contribution is 0.0920. The van der Waals surface area contributed by atoms with Gasteiger partial charge >= 0.3 is 0 Å². The molecule has 5 nitrogen and oxygen atoms in total. The van der Waals surface area contributed by atoms with Crippen molar-refractivity contribution in [2.75, 3.05) is 25.0 Å². The molecule has 1 heterocycles. The van der Waals surface area contributed by atoms with Gasteiger partial charge in [-0.3, -0.25) is 4.79 Å². The molecule has 5 heteroatoms. The van der Waals surface area contributed by atoms with Crippen molar-refractivity contribution in [1.82, 2.24) is 5.32 Å². The third-order valence-electron chi connectivity index (χ3n) is 2.48. The molecular formula is C12H16N2O3. The molecule has 2 rings (SSSR count). The van der Waals surface area contributed by atoms with Gasteiger partial charge in [0.05, 0.1) is 17.4 Å². The quantitative estimate of drug-likeness (QED) is 0.719. The molecule has 1 atom stereocenters. The largest absolute Gasteiger partial charge is 0.489 e. The van der Waals surface area contributed by atoms with Crippen LogP contribution in [-0.2, 0) is 0 Å². The average Bonchev–Trinajstić information content (AvgIpc) is 2.35. The van der Waals surface area contributed by atoms with Crippen LogP contribution < -0.4 is 15.4 Å². The highest BCUT2D eigenvalue weighted by Crippen LogP contribution is 2.30. The predicted octanol–water partition coefficient (Wildman–Crippen LogP) is 0.602. The number of rotatable bonds is 3. The molecular weight excluding hydrogens is 220 g/mol.